The molecule has 0 spiro atoms. The Morgan fingerprint density at radius 1 is 1.14 bits per heavy atom. The molecule has 0 aliphatic heterocycles. The summed E-state index contributed by atoms with van der Waals surface area (Å²) in [6.45, 7) is 3.17. The predicted molar refractivity (Wildman–Crippen MR) is 107 cm³/mol. The van der Waals surface area contributed by atoms with Crippen molar-refractivity contribution < 1.29 is 23.1 Å². The van der Waals surface area contributed by atoms with Gasteiger partial charge in [-0.05, 0) is 37.1 Å². The van der Waals surface area contributed by atoms with Gasteiger partial charge in [-0.2, -0.15) is 5.10 Å². The van der Waals surface area contributed by atoms with E-state index in [-0.39, 0.29) is 5.56 Å². The first-order chi connectivity index (χ1) is 13.1. The Balaban J connectivity index is 2.18. The van der Waals surface area contributed by atoms with Crippen LogP contribution in [0, 0.1) is 13.8 Å². The van der Waals surface area contributed by atoms with Gasteiger partial charge in [0.05, 0.1) is 23.7 Å². The summed E-state index contributed by atoms with van der Waals surface area (Å²) in [5.41, 5.74) is 4.64. The molecule has 9 heteroatoms. The fourth-order valence-electron chi connectivity index (χ4n) is 2.53. The molecule has 2 aromatic rings. The van der Waals surface area contributed by atoms with Crippen molar-refractivity contribution in [1.29, 1.82) is 0 Å². The van der Waals surface area contributed by atoms with E-state index in [1.54, 1.807) is 31.2 Å². The predicted octanol–water partition coefficient (Wildman–Crippen LogP) is 1.92. The number of hydrogen-bond acceptors (Lipinski definition) is 5. The minimum Gasteiger partial charge on any atom is -0.478 e. The molecule has 0 saturated carbocycles. The molecular formula is C19H21N3O5S. The number of carboxylic acids is 1. The van der Waals surface area contributed by atoms with Gasteiger partial charge in [0.25, 0.3) is 5.91 Å². The van der Waals surface area contributed by atoms with Crippen molar-refractivity contribution >= 4 is 33.8 Å². The van der Waals surface area contributed by atoms with Gasteiger partial charge in [-0.15, -0.1) is 0 Å². The first-order valence-electron chi connectivity index (χ1n) is 8.29. The van der Waals surface area contributed by atoms with E-state index in [0.717, 1.165) is 21.7 Å². The van der Waals surface area contributed by atoms with Crippen LogP contribution in [0.15, 0.2) is 47.6 Å². The number of sulfonamides is 1. The minimum absolute atomic E-state index is 0.0358. The number of benzene rings is 2. The first-order valence-corrected chi connectivity index (χ1v) is 10.1. The smallest absolute Gasteiger partial charge is 0.336 e. The van der Waals surface area contributed by atoms with Gasteiger partial charge in [-0.3, -0.25) is 9.10 Å². The third-order valence-electron chi connectivity index (χ3n) is 4.12. The highest BCUT2D eigenvalue weighted by atomic mass is 32.2. The van der Waals surface area contributed by atoms with E-state index in [4.69, 9.17) is 5.11 Å². The van der Waals surface area contributed by atoms with Crippen molar-refractivity contribution in [3.63, 3.8) is 0 Å². The first kappa shape index (κ1) is 21.1. The van der Waals surface area contributed by atoms with Gasteiger partial charge >= 0.3 is 5.97 Å². The molecule has 0 unspecified atom stereocenters. The van der Waals surface area contributed by atoms with Crippen molar-refractivity contribution in [2.24, 2.45) is 5.10 Å². The van der Waals surface area contributed by atoms with Gasteiger partial charge in [-0.1, -0.05) is 30.3 Å². The van der Waals surface area contributed by atoms with E-state index in [2.05, 4.69) is 10.5 Å². The molecule has 0 heterocycles. The zero-order valence-corrected chi connectivity index (χ0v) is 16.5. The highest BCUT2D eigenvalue weighted by Gasteiger charge is 2.22. The number of carbonyl (C=O) groups excluding carboxylic acids is 1. The average molecular weight is 403 g/mol. The lowest BCUT2D eigenvalue weighted by atomic mass is 10.1. The number of nitrogens with zero attached hydrogens (tertiary/aromatic N) is 2. The summed E-state index contributed by atoms with van der Waals surface area (Å²) in [4.78, 5) is 23.4. The lowest BCUT2D eigenvalue weighted by molar-refractivity contribution is -0.119. The van der Waals surface area contributed by atoms with Crippen LogP contribution in [0.1, 0.15) is 27.0 Å². The van der Waals surface area contributed by atoms with Gasteiger partial charge in [0.2, 0.25) is 10.0 Å². The molecule has 0 atom stereocenters. The van der Waals surface area contributed by atoms with Gasteiger partial charge in [0.1, 0.15) is 6.54 Å². The number of hydrogen-bond donors (Lipinski definition) is 2. The second kappa shape index (κ2) is 8.66. The second-order valence-corrected chi connectivity index (χ2v) is 8.08. The topological polar surface area (TPSA) is 116 Å². The van der Waals surface area contributed by atoms with Crippen LogP contribution in [-0.2, 0) is 14.8 Å². The van der Waals surface area contributed by atoms with E-state index in [0.29, 0.717) is 11.3 Å². The minimum atomic E-state index is -3.70. The fraction of sp³-hybridized carbons (Fsp3) is 0.211. The van der Waals surface area contributed by atoms with E-state index in [9.17, 15) is 18.0 Å². The van der Waals surface area contributed by atoms with Crippen molar-refractivity contribution in [1.82, 2.24) is 5.43 Å². The summed E-state index contributed by atoms with van der Waals surface area (Å²) >= 11 is 0. The summed E-state index contributed by atoms with van der Waals surface area (Å²) in [6, 6.07) is 11.4. The van der Waals surface area contributed by atoms with Gasteiger partial charge < -0.3 is 5.11 Å². The molecule has 2 rings (SSSR count). The molecule has 0 bridgehead atoms. The number of aryl methyl sites for hydroxylation is 1. The van der Waals surface area contributed by atoms with Crippen molar-refractivity contribution in [3.05, 3.63) is 64.7 Å². The molecule has 28 heavy (non-hydrogen) atoms. The molecule has 8 nitrogen and oxygen atoms in total. The van der Waals surface area contributed by atoms with Crippen LogP contribution in [0.5, 0.6) is 0 Å². The van der Waals surface area contributed by atoms with Crippen LogP contribution < -0.4 is 9.73 Å². The van der Waals surface area contributed by atoms with Crippen molar-refractivity contribution in [2.75, 3.05) is 17.1 Å². The Morgan fingerprint density at radius 3 is 2.46 bits per heavy atom. The maximum atomic E-state index is 12.2. The Kier molecular flexibility index (Phi) is 6.53. The molecule has 2 aromatic carbocycles. The summed E-state index contributed by atoms with van der Waals surface area (Å²) < 4.78 is 25.4. The van der Waals surface area contributed by atoms with Crippen LogP contribution in [0.3, 0.4) is 0 Å². The molecule has 1 amide bonds. The monoisotopic (exact) mass is 403 g/mol. The summed E-state index contributed by atoms with van der Waals surface area (Å²) in [6.07, 6.45) is 2.22. The molecule has 0 radical (unpaired) electrons. The van der Waals surface area contributed by atoms with Crippen LogP contribution in [-0.4, -0.2) is 44.4 Å². The SMILES string of the molecule is Cc1cccc(N(CC(=O)N/N=C\c2ccccc2C(=O)O)S(C)(=O)=O)c1C. The number of rotatable bonds is 7. The number of aromatic carboxylic acids is 1. The number of amides is 1. The highest BCUT2D eigenvalue weighted by Crippen LogP contribution is 2.24. The Bertz CT molecular complexity index is 1030. The quantitative estimate of drug-likeness (QED) is 0.541. The van der Waals surface area contributed by atoms with E-state index in [1.165, 1.54) is 18.3 Å². The molecular weight excluding hydrogens is 382 g/mol. The van der Waals surface area contributed by atoms with E-state index >= 15 is 0 Å². The van der Waals surface area contributed by atoms with E-state index < -0.39 is 28.4 Å². The van der Waals surface area contributed by atoms with Crippen molar-refractivity contribution in [3.8, 4) is 0 Å². The Labute approximate surface area is 163 Å². The number of nitrogens with one attached hydrogen (secondary N) is 1. The molecule has 0 aromatic heterocycles. The lowest BCUT2D eigenvalue weighted by Gasteiger charge is -2.23. The largest absolute Gasteiger partial charge is 0.478 e. The van der Waals surface area contributed by atoms with Crippen LogP contribution in [0.25, 0.3) is 0 Å². The van der Waals surface area contributed by atoms with Gasteiger partial charge in [-0.25, -0.2) is 18.6 Å². The van der Waals surface area contributed by atoms with Crippen LogP contribution in [0.4, 0.5) is 5.69 Å². The molecule has 0 aliphatic carbocycles. The summed E-state index contributed by atoms with van der Waals surface area (Å²) in [5, 5.41) is 12.9. The second-order valence-electron chi connectivity index (χ2n) is 6.17. The molecule has 0 aliphatic rings. The number of anilines is 1. The zero-order valence-electron chi connectivity index (χ0n) is 15.7. The Morgan fingerprint density at radius 2 is 1.82 bits per heavy atom. The van der Waals surface area contributed by atoms with Crippen LogP contribution in [0.2, 0.25) is 0 Å². The average Bonchev–Trinajstić information content (AvgIpc) is 2.62. The zero-order chi connectivity index (χ0) is 20.9. The molecule has 2 N–H and O–H groups in total. The standard InChI is InChI=1S/C19H21N3O5S/c1-13-7-6-10-17(14(13)2)22(28(3,26)27)12-18(23)21-20-11-15-8-4-5-9-16(15)19(24)25/h4-11H,12H2,1-3H3,(H,21,23)(H,24,25)/b20-11-. The lowest BCUT2D eigenvalue weighted by Crippen LogP contribution is -2.39. The number of carboxylic acid groups (broad SMARTS) is 1. The van der Waals surface area contributed by atoms with Gasteiger partial charge in [0.15, 0.2) is 0 Å². The van der Waals surface area contributed by atoms with E-state index in [1.807, 2.05) is 13.0 Å². The van der Waals surface area contributed by atoms with Gasteiger partial charge in [0, 0.05) is 5.56 Å². The number of carbonyl (C=O) groups is 2. The fourth-order valence-corrected chi connectivity index (χ4v) is 3.44. The molecule has 148 valence electrons. The summed E-state index contributed by atoms with van der Waals surface area (Å²) in [7, 11) is -3.70. The third kappa shape index (κ3) is 5.17. The third-order valence-corrected chi connectivity index (χ3v) is 5.24. The molecule has 0 saturated heterocycles. The highest BCUT2D eigenvalue weighted by molar-refractivity contribution is 7.92. The maximum Gasteiger partial charge on any atom is 0.336 e. The number of hydrazone groups is 1. The normalized spacial score (nSPS) is 11.4. The Hall–Kier alpha value is -3.20. The van der Waals surface area contributed by atoms with Crippen molar-refractivity contribution in [2.45, 2.75) is 13.8 Å². The summed E-state index contributed by atoms with van der Waals surface area (Å²) in [5.74, 6) is -1.78. The maximum absolute atomic E-state index is 12.2. The molecule has 0 fully saturated rings. The van der Waals surface area contributed by atoms with Crippen LogP contribution >= 0.6 is 0 Å².